The van der Waals surface area contributed by atoms with Gasteiger partial charge in [-0.3, -0.25) is 14.9 Å². The van der Waals surface area contributed by atoms with Crippen LogP contribution in [0.4, 0.5) is 10.1 Å². The van der Waals surface area contributed by atoms with E-state index in [1.807, 2.05) is 7.05 Å². The number of piperidine rings is 1. The largest absolute Gasteiger partial charge is 0.352 e. The molecule has 1 amide bonds. The first-order valence-corrected chi connectivity index (χ1v) is 6.88. The molecule has 0 bridgehead atoms. The Bertz CT molecular complexity index is 550. The van der Waals surface area contributed by atoms with Crippen molar-refractivity contribution < 1.29 is 14.1 Å². The number of benzene rings is 1. The molecule has 7 heteroatoms. The Balaban J connectivity index is 1.97. The van der Waals surface area contributed by atoms with Crippen molar-refractivity contribution in [3.63, 3.8) is 0 Å². The van der Waals surface area contributed by atoms with E-state index in [2.05, 4.69) is 10.2 Å². The van der Waals surface area contributed by atoms with E-state index in [4.69, 9.17) is 0 Å². The molecule has 1 fully saturated rings. The van der Waals surface area contributed by atoms with Crippen LogP contribution in [0.1, 0.15) is 23.2 Å². The molecule has 1 aromatic rings. The van der Waals surface area contributed by atoms with Gasteiger partial charge in [-0.2, -0.15) is 4.39 Å². The first-order valence-electron chi connectivity index (χ1n) is 6.88. The van der Waals surface area contributed by atoms with Crippen molar-refractivity contribution >= 4 is 11.6 Å². The van der Waals surface area contributed by atoms with Gasteiger partial charge < -0.3 is 10.2 Å². The molecule has 2 rings (SSSR count). The molecule has 1 aliphatic rings. The van der Waals surface area contributed by atoms with Crippen molar-refractivity contribution in [3.8, 4) is 0 Å². The highest BCUT2D eigenvalue weighted by atomic mass is 19.1. The molecule has 1 aromatic carbocycles. The fourth-order valence-corrected chi connectivity index (χ4v) is 2.57. The molecule has 114 valence electrons. The quantitative estimate of drug-likeness (QED) is 0.679. The Labute approximate surface area is 122 Å². The van der Waals surface area contributed by atoms with Crippen LogP contribution < -0.4 is 5.32 Å². The molecule has 6 nitrogen and oxygen atoms in total. The zero-order valence-electron chi connectivity index (χ0n) is 11.8. The van der Waals surface area contributed by atoms with E-state index in [1.54, 1.807) is 0 Å². The lowest BCUT2D eigenvalue weighted by Crippen LogP contribution is -2.39. The van der Waals surface area contributed by atoms with Crippen LogP contribution in [-0.4, -0.2) is 42.4 Å². The summed E-state index contributed by atoms with van der Waals surface area (Å²) in [6, 6.07) is 3.17. The molecular weight excluding hydrogens is 277 g/mol. The van der Waals surface area contributed by atoms with Gasteiger partial charge in [0.25, 0.3) is 5.91 Å². The predicted molar refractivity (Wildman–Crippen MR) is 75.6 cm³/mol. The number of hydrogen-bond donors (Lipinski definition) is 1. The van der Waals surface area contributed by atoms with Crippen molar-refractivity contribution in [2.75, 3.05) is 26.7 Å². The average molecular weight is 295 g/mol. The summed E-state index contributed by atoms with van der Waals surface area (Å²) in [6.45, 7) is 2.51. The van der Waals surface area contributed by atoms with Crippen molar-refractivity contribution in [1.82, 2.24) is 10.2 Å². The highest BCUT2D eigenvalue weighted by molar-refractivity contribution is 5.94. The van der Waals surface area contributed by atoms with E-state index in [1.165, 1.54) is 6.07 Å². The van der Waals surface area contributed by atoms with E-state index in [9.17, 15) is 19.3 Å². The minimum Gasteiger partial charge on any atom is -0.352 e. The SMILES string of the molecule is CN1CCCC(CNC(=O)c2ccc(F)c([N+](=O)[O-])c2)C1. The van der Waals surface area contributed by atoms with Crippen LogP contribution in [0, 0.1) is 21.8 Å². The van der Waals surface area contributed by atoms with Gasteiger partial charge in [-0.25, -0.2) is 0 Å². The van der Waals surface area contributed by atoms with Crippen molar-refractivity contribution in [2.24, 2.45) is 5.92 Å². The number of amides is 1. The summed E-state index contributed by atoms with van der Waals surface area (Å²) in [4.78, 5) is 24.0. The monoisotopic (exact) mass is 295 g/mol. The van der Waals surface area contributed by atoms with Gasteiger partial charge in [-0.1, -0.05) is 0 Å². The molecule has 21 heavy (non-hydrogen) atoms. The Hall–Kier alpha value is -2.02. The maximum absolute atomic E-state index is 13.2. The standard InChI is InChI=1S/C14H18FN3O3/c1-17-6-2-3-10(9-17)8-16-14(19)11-4-5-12(15)13(7-11)18(20)21/h4-5,7,10H,2-3,6,8-9H2,1H3,(H,16,19). The molecule has 1 heterocycles. The lowest BCUT2D eigenvalue weighted by molar-refractivity contribution is -0.387. The first-order chi connectivity index (χ1) is 9.97. The minimum absolute atomic E-state index is 0.104. The summed E-state index contributed by atoms with van der Waals surface area (Å²) in [5.74, 6) is -0.972. The molecule has 1 saturated heterocycles. The number of hydrogen-bond acceptors (Lipinski definition) is 4. The Morgan fingerprint density at radius 3 is 3.00 bits per heavy atom. The Morgan fingerprint density at radius 1 is 1.57 bits per heavy atom. The second kappa shape index (κ2) is 6.62. The number of carbonyl (C=O) groups is 1. The third kappa shape index (κ3) is 3.98. The number of nitro groups is 1. The molecule has 1 unspecified atom stereocenters. The highest BCUT2D eigenvalue weighted by Gasteiger charge is 2.20. The van der Waals surface area contributed by atoms with Gasteiger partial charge in [0, 0.05) is 24.7 Å². The van der Waals surface area contributed by atoms with Gasteiger partial charge in [0.2, 0.25) is 5.82 Å². The molecule has 1 N–H and O–H groups in total. The van der Waals surface area contributed by atoms with Gasteiger partial charge in [0.1, 0.15) is 0 Å². The summed E-state index contributed by atoms with van der Waals surface area (Å²) >= 11 is 0. The molecule has 0 spiro atoms. The van der Waals surface area contributed by atoms with Crippen LogP contribution in [0.15, 0.2) is 18.2 Å². The van der Waals surface area contributed by atoms with Crippen molar-refractivity contribution in [2.45, 2.75) is 12.8 Å². The maximum Gasteiger partial charge on any atom is 0.305 e. The van der Waals surface area contributed by atoms with Gasteiger partial charge in [-0.05, 0) is 44.5 Å². The summed E-state index contributed by atoms with van der Waals surface area (Å²) in [5.41, 5.74) is -0.577. The third-order valence-electron chi connectivity index (χ3n) is 3.68. The van der Waals surface area contributed by atoms with Crippen molar-refractivity contribution in [3.05, 3.63) is 39.7 Å². The van der Waals surface area contributed by atoms with Crippen LogP contribution in [0.3, 0.4) is 0 Å². The normalized spacial score (nSPS) is 19.2. The summed E-state index contributed by atoms with van der Waals surface area (Å²) in [5, 5.41) is 13.4. The van der Waals surface area contributed by atoms with Crippen LogP contribution in [-0.2, 0) is 0 Å². The number of nitrogens with zero attached hydrogens (tertiary/aromatic N) is 2. The lowest BCUT2D eigenvalue weighted by Gasteiger charge is -2.29. The van der Waals surface area contributed by atoms with Gasteiger partial charge in [0.05, 0.1) is 4.92 Å². The lowest BCUT2D eigenvalue weighted by atomic mass is 9.98. The van der Waals surface area contributed by atoms with E-state index < -0.39 is 22.3 Å². The van der Waals surface area contributed by atoms with Crippen LogP contribution >= 0.6 is 0 Å². The summed E-state index contributed by atoms with van der Waals surface area (Å²) in [7, 11) is 2.04. The topological polar surface area (TPSA) is 75.5 Å². The fraction of sp³-hybridized carbons (Fsp3) is 0.500. The van der Waals surface area contributed by atoms with Crippen LogP contribution in [0.5, 0.6) is 0 Å². The second-order valence-electron chi connectivity index (χ2n) is 5.40. The number of rotatable bonds is 4. The number of nitro benzene ring substituents is 1. The van der Waals surface area contributed by atoms with Gasteiger partial charge in [-0.15, -0.1) is 0 Å². The number of halogens is 1. The number of carbonyl (C=O) groups excluding carboxylic acids is 1. The third-order valence-corrected chi connectivity index (χ3v) is 3.68. The van der Waals surface area contributed by atoms with Gasteiger partial charge in [0.15, 0.2) is 0 Å². The van der Waals surface area contributed by atoms with Gasteiger partial charge >= 0.3 is 5.69 Å². The Kier molecular flexibility index (Phi) is 4.85. The zero-order chi connectivity index (χ0) is 15.4. The number of likely N-dealkylation sites (tertiary alicyclic amines) is 1. The van der Waals surface area contributed by atoms with Crippen molar-refractivity contribution in [1.29, 1.82) is 0 Å². The molecule has 1 atom stereocenters. The number of nitrogens with one attached hydrogen (secondary N) is 1. The minimum atomic E-state index is -0.939. The molecular formula is C14H18FN3O3. The smallest absolute Gasteiger partial charge is 0.305 e. The van der Waals surface area contributed by atoms with Crippen LogP contribution in [0.2, 0.25) is 0 Å². The van der Waals surface area contributed by atoms with E-state index in [0.29, 0.717) is 12.5 Å². The molecule has 1 aliphatic heterocycles. The average Bonchev–Trinajstić information content (AvgIpc) is 2.45. The Morgan fingerprint density at radius 2 is 2.33 bits per heavy atom. The second-order valence-corrected chi connectivity index (χ2v) is 5.40. The summed E-state index contributed by atoms with van der Waals surface area (Å²) in [6.07, 6.45) is 2.15. The zero-order valence-corrected chi connectivity index (χ0v) is 11.8. The molecule has 0 saturated carbocycles. The first kappa shape index (κ1) is 15.4. The fourth-order valence-electron chi connectivity index (χ4n) is 2.57. The predicted octanol–water partition coefficient (Wildman–Crippen LogP) is 1.81. The molecule has 0 radical (unpaired) electrons. The van der Waals surface area contributed by atoms with Crippen LogP contribution in [0.25, 0.3) is 0 Å². The summed E-state index contributed by atoms with van der Waals surface area (Å²) < 4.78 is 13.2. The maximum atomic E-state index is 13.2. The highest BCUT2D eigenvalue weighted by Crippen LogP contribution is 2.19. The van der Waals surface area contributed by atoms with E-state index >= 15 is 0 Å². The molecule has 0 aromatic heterocycles. The van der Waals surface area contributed by atoms with E-state index in [0.717, 1.165) is 38.1 Å². The molecule has 0 aliphatic carbocycles. The van der Waals surface area contributed by atoms with E-state index in [-0.39, 0.29) is 5.56 Å².